The SMILES string of the molecule is O=C(CCn1c(=O)sc2cc(S(=O)(=O)NC3CC3)ccc21)N1CCCCC1. The van der Waals surface area contributed by atoms with E-state index < -0.39 is 10.0 Å². The maximum Gasteiger partial charge on any atom is 0.308 e. The van der Waals surface area contributed by atoms with Crippen molar-refractivity contribution in [3.63, 3.8) is 0 Å². The van der Waals surface area contributed by atoms with Crippen molar-refractivity contribution in [1.29, 1.82) is 0 Å². The van der Waals surface area contributed by atoms with Crippen molar-refractivity contribution in [2.45, 2.75) is 56.0 Å². The highest BCUT2D eigenvalue weighted by molar-refractivity contribution is 7.89. The van der Waals surface area contributed by atoms with E-state index in [0.717, 1.165) is 50.1 Å². The summed E-state index contributed by atoms with van der Waals surface area (Å²) in [5, 5.41) is 0. The quantitative estimate of drug-likeness (QED) is 0.789. The Morgan fingerprint density at radius 1 is 1.19 bits per heavy atom. The fourth-order valence-corrected chi connectivity index (χ4v) is 5.79. The molecule has 9 heteroatoms. The van der Waals surface area contributed by atoms with Crippen LogP contribution >= 0.6 is 11.3 Å². The zero-order chi connectivity index (χ0) is 19.0. The third-order valence-corrected chi connectivity index (χ3v) is 7.57. The molecule has 1 saturated carbocycles. The van der Waals surface area contributed by atoms with Gasteiger partial charge in [-0.05, 0) is 50.3 Å². The van der Waals surface area contributed by atoms with Crippen LogP contribution in [0.5, 0.6) is 0 Å². The minimum atomic E-state index is -3.55. The Kier molecular flexibility index (Phi) is 5.09. The Balaban J connectivity index is 1.52. The smallest absolute Gasteiger partial charge is 0.308 e. The van der Waals surface area contributed by atoms with Gasteiger partial charge in [0.25, 0.3) is 0 Å². The molecule has 1 N–H and O–H groups in total. The maximum atomic E-state index is 12.4. The molecule has 1 aromatic heterocycles. The van der Waals surface area contributed by atoms with Gasteiger partial charge in [-0.2, -0.15) is 0 Å². The van der Waals surface area contributed by atoms with Gasteiger partial charge in [-0.1, -0.05) is 11.3 Å². The van der Waals surface area contributed by atoms with Crippen molar-refractivity contribution < 1.29 is 13.2 Å². The molecule has 1 aromatic carbocycles. The van der Waals surface area contributed by atoms with Crippen LogP contribution in [0.1, 0.15) is 38.5 Å². The first-order chi connectivity index (χ1) is 12.9. The minimum Gasteiger partial charge on any atom is -0.343 e. The summed E-state index contributed by atoms with van der Waals surface area (Å²) in [7, 11) is -3.55. The molecule has 0 bridgehead atoms. The summed E-state index contributed by atoms with van der Waals surface area (Å²) in [6.07, 6.45) is 5.28. The number of amides is 1. The first-order valence-electron chi connectivity index (χ1n) is 9.37. The van der Waals surface area contributed by atoms with E-state index in [9.17, 15) is 18.0 Å². The number of aryl methyl sites for hydroxylation is 1. The van der Waals surface area contributed by atoms with Gasteiger partial charge in [-0.3, -0.25) is 14.2 Å². The molecule has 27 heavy (non-hydrogen) atoms. The van der Waals surface area contributed by atoms with Crippen molar-refractivity contribution in [3.8, 4) is 0 Å². The first kappa shape index (κ1) is 18.6. The molecule has 1 aliphatic heterocycles. The van der Waals surface area contributed by atoms with E-state index in [4.69, 9.17) is 0 Å². The first-order valence-corrected chi connectivity index (χ1v) is 11.7. The van der Waals surface area contributed by atoms with Crippen LogP contribution in [0.3, 0.4) is 0 Å². The fourth-order valence-electron chi connectivity index (χ4n) is 3.42. The average Bonchev–Trinajstić information content (AvgIpc) is 3.40. The molecule has 7 nitrogen and oxygen atoms in total. The Labute approximate surface area is 162 Å². The van der Waals surface area contributed by atoms with Crippen LogP contribution in [0.15, 0.2) is 27.9 Å². The Morgan fingerprint density at radius 3 is 2.63 bits per heavy atom. The number of fused-ring (bicyclic) bond motifs is 1. The number of thiazole rings is 1. The number of sulfonamides is 1. The second-order valence-electron chi connectivity index (χ2n) is 7.24. The highest BCUT2D eigenvalue weighted by atomic mass is 32.2. The number of nitrogens with zero attached hydrogens (tertiary/aromatic N) is 2. The summed E-state index contributed by atoms with van der Waals surface area (Å²) in [6, 6.07) is 4.78. The number of aromatic nitrogens is 1. The number of rotatable bonds is 6. The Morgan fingerprint density at radius 2 is 1.93 bits per heavy atom. The Hall–Kier alpha value is -1.71. The molecule has 146 valence electrons. The normalized spacial score (nSPS) is 18.1. The van der Waals surface area contributed by atoms with Crippen molar-refractivity contribution in [3.05, 3.63) is 27.9 Å². The fraction of sp³-hybridized carbons (Fsp3) is 0.556. The standard InChI is InChI=1S/C18H23N3O4S2/c22-17(20-9-2-1-3-10-20)8-11-21-15-7-6-14(12-16(15)26-18(21)23)27(24,25)19-13-4-5-13/h6-7,12-13,19H,1-5,8-11H2. The lowest BCUT2D eigenvalue weighted by molar-refractivity contribution is -0.132. The van der Waals surface area contributed by atoms with Crippen LogP contribution in [-0.4, -0.2) is 42.9 Å². The van der Waals surface area contributed by atoms with Crippen molar-refractivity contribution >= 4 is 37.5 Å². The number of hydrogen-bond acceptors (Lipinski definition) is 5. The van der Waals surface area contributed by atoms with Crippen molar-refractivity contribution in [1.82, 2.24) is 14.2 Å². The summed E-state index contributed by atoms with van der Waals surface area (Å²) < 4.78 is 29.6. The van der Waals surface area contributed by atoms with Crippen molar-refractivity contribution in [2.24, 2.45) is 0 Å². The summed E-state index contributed by atoms with van der Waals surface area (Å²) >= 11 is 1.02. The van der Waals surface area contributed by atoms with Gasteiger partial charge in [-0.25, -0.2) is 13.1 Å². The van der Waals surface area contributed by atoms with Crippen LogP contribution in [0, 0.1) is 0 Å². The van der Waals surface area contributed by atoms with Crippen LogP contribution in [0.25, 0.3) is 10.2 Å². The summed E-state index contributed by atoms with van der Waals surface area (Å²) in [6.45, 7) is 1.92. The molecule has 1 amide bonds. The molecule has 2 fully saturated rings. The van der Waals surface area contributed by atoms with Crippen molar-refractivity contribution in [2.75, 3.05) is 13.1 Å². The lowest BCUT2D eigenvalue weighted by atomic mass is 10.1. The topological polar surface area (TPSA) is 88.5 Å². The molecule has 2 aromatic rings. The highest BCUT2D eigenvalue weighted by Crippen LogP contribution is 2.25. The molecule has 1 saturated heterocycles. The van der Waals surface area contributed by atoms with E-state index in [1.807, 2.05) is 4.90 Å². The molecule has 0 atom stereocenters. The third-order valence-electron chi connectivity index (χ3n) is 5.11. The largest absolute Gasteiger partial charge is 0.343 e. The van der Waals surface area contributed by atoms with E-state index in [1.54, 1.807) is 16.7 Å². The van der Waals surface area contributed by atoms with Gasteiger partial charge in [0.15, 0.2) is 0 Å². The van der Waals surface area contributed by atoms with Gasteiger partial charge in [0, 0.05) is 32.1 Å². The predicted molar refractivity (Wildman–Crippen MR) is 104 cm³/mol. The van der Waals surface area contributed by atoms with Crippen LogP contribution in [0.2, 0.25) is 0 Å². The molecule has 0 unspecified atom stereocenters. The number of carbonyl (C=O) groups is 1. The van der Waals surface area contributed by atoms with Gasteiger partial charge in [0.2, 0.25) is 15.9 Å². The molecule has 0 radical (unpaired) electrons. The number of nitrogens with one attached hydrogen (secondary N) is 1. The summed E-state index contributed by atoms with van der Waals surface area (Å²) in [5.41, 5.74) is 0.682. The lowest BCUT2D eigenvalue weighted by Crippen LogP contribution is -2.36. The summed E-state index contributed by atoms with van der Waals surface area (Å²) in [5.74, 6) is 0.0776. The van der Waals surface area contributed by atoms with E-state index in [0.29, 0.717) is 16.8 Å². The van der Waals surface area contributed by atoms with E-state index in [1.165, 1.54) is 12.5 Å². The lowest BCUT2D eigenvalue weighted by Gasteiger charge is -2.26. The van der Waals surface area contributed by atoms with Gasteiger partial charge in [0.05, 0.1) is 15.1 Å². The second-order valence-corrected chi connectivity index (χ2v) is 9.94. The predicted octanol–water partition coefficient (Wildman–Crippen LogP) is 1.91. The van der Waals surface area contributed by atoms with Crippen LogP contribution in [-0.2, 0) is 21.4 Å². The van der Waals surface area contributed by atoms with E-state index in [2.05, 4.69) is 4.72 Å². The third kappa shape index (κ3) is 4.09. The van der Waals surface area contributed by atoms with Crippen LogP contribution < -0.4 is 9.60 Å². The number of likely N-dealkylation sites (tertiary alicyclic amines) is 1. The highest BCUT2D eigenvalue weighted by Gasteiger charge is 2.28. The molecule has 0 spiro atoms. The van der Waals surface area contributed by atoms with Gasteiger partial charge in [0.1, 0.15) is 0 Å². The molecule has 2 aliphatic rings. The molecular formula is C18H23N3O4S2. The molecule has 4 rings (SSSR count). The monoisotopic (exact) mass is 409 g/mol. The Bertz CT molecular complexity index is 1010. The number of piperidine rings is 1. The maximum absolute atomic E-state index is 12.4. The molecular weight excluding hydrogens is 386 g/mol. The molecule has 1 aliphatic carbocycles. The zero-order valence-electron chi connectivity index (χ0n) is 15.0. The number of carbonyl (C=O) groups excluding carboxylic acids is 1. The molecule has 2 heterocycles. The second kappa shape index (κ2) is 7.37. The van der Waals surface area contributed by atoms with Gasteiger partial charge >= 0.3 is 4.87 Å². The number of hydrogen-bond donors (Lipinski definition) is 1. The van der Waals surface area contributed by atoms with E-state index >= 15 is 0 Å². The van der Waals surface area contributed by atoms with E-state index in [-0.39, 0.29) is 28.1 Å². The van der Waals surface area contributed by atoms with Gasteiger partial charge in [-0.15, -0.1) is 0 Å². The number of benzene rings is 1. The average molecular weight is 410 g/mol. The summed E-state index contributed by atoms with van der Waals surface area (Å²) in [4.78, 5) is 26.6. The minimum absolute atomic E-state index is 0.0369. The van der Waals surface area contributed by atoms with Gasteiger partial charge < -0.3 is 4.90 Å². The zero-order valence-corrected chi connectivity index (χ0v) is 16.7. The van der Waals surface area contributed by atoms with Crippen LogP contribution in [0.4, 0.5) is 0 Å².